The Bertz CT molecular complexity index is 217. The monoisotopic (exact) mass is 215 g/mol. The second kappa shape index (κ2) is 7.23. The Morgan fingerprint density at radius 3 is 2.20 bits per heavy atom. The fourth-order valence-corrected chi connectivity index (χ4v) is 1.25. The molecule has 0 aliphatic carbocycles. The van der Waals surface area contributed by atoms with Gasteiger partial charge in [0.05, 0.1) is 6.04 Å². The van der Waals surface area contributed by atoms with Crippen LogP contribution in [0.1, 0.15) is 26.7 Å². The molecule has 5 nitrogen and oxygen atoms in total. The number of carbonyl (C=O) groups is 2. The minimum absolute atomic E-state index is 0.0193. The SMILES string of the molecule is CNC(=O)C(CCC(=O)NC(C)C)NC. The summed E-state index contributed by atoms with van der Waals surface area (Å²) in [7, 11) is 3.29. The molecule has 0 saturated carbocycles. The molecule has 0 aromatic heterocycles. The fraction of sp³-hybridized carbons (Fsp3) is 0.800. The van der Waals surface area contributed by atoms with Crippen LogP contribution in [-0.2, 0) is 9.59 Å². The summed E-state index contributed by atoms with van der Waals surface area (Å²) < 4.78 is 0. The van der Waals surface area contributed by atoms with Crippen LogP contribution in [0, 0.1) is 0 Å². The lowest BCUT2D eigenvalue weighted by atomic mass is 10.1. The number of nitrogens with one attached hydrogen (secondary N) is 3. The highest BCUT2D eigenvalue weighted by Gasteiger charge is 2.16. The van der Waals surface area contributed by atoms with Gasteiger partial charge in [-0.2, -0.15) is 0 Å². The van der Waals surface area contributed by atoms with Gasteiger partial charge in [0.15, 0.2) is 0 Å². The molecule has 2 amide bonds. The molecule has 1 unspecified atom stereocenters. The van der Waals surface area contributed by atoms with E-state index in [9.17, 15) is 9.59 Å². The van der Waals surface area contributed by atoms with Crippen LogP contribution >= 0.6 is 0 Å². The first kappa shape index (κ1) is 13.9. The van der Waals surface area contributed by atoms with Gasteiger partial charge in [-0.3, -0.25) is 9.59 Å². The first-order valence-electron chi connectivity index (χ1n) is 5.19. The molecule has 0 aromatic rings. The minimum atomic E-state index is -0.298. The lowest BCUT2D eigenvalue weighted by Gasteiger charge is -2.14. The number of amides is 2. The van der Waals surface area contributed by atoms with Crippen molar-refractivity contribution in [2.45, 2.75) is 38.8 Å². The molecule has 0 aliphatic rings. The van der Waals surface area contributed by atoms with E-state index in [0.717, 1.165) is 0 Å². The second-order valence-corrected chi connectivity index (χ2v) is 3.72. The van der Waals surface area contributed by atoms with E-state index in [-0.39, 0.29) is 23.9 Å². The van der Waals surface area contributed by atoms with Crippen LogP contribution in [0.15, 0.2) is 0 Å². The highest BCUT2D eigenvalue weighted by molar-refractivity contribution is 5.82. The molecule has 0 spiro atoms. The average molecular weight is 215 g/mol. The maximum Gasteiger partial charge on any atom is 0.236 e. The molecule has 0 fully saturated rings. The molecule has 0 saturated heterocycles. The average Bonchev–Trinajstić information content (AvgIpc) is 2.17. The van der Waals surface area contributed by atoms with Crippen LogP contribution in [0.3, 0.4) is 0 Å². The molecular formula is C10H21N3O2. The standard InChI is InChI=1S/C10H21N3O2/c1-7(2)13-9(14)6-5-8(11-3)10(15)12-4/h7-8,11H,5-6H2,1-4H3,(H,12,15)(H,13,14). The van der Waals surface area contributed by atoms with Gasteiger partial charge in [-0.15, -0.1) is 0 Å². The predicted octanol–water partition coefficient (Wildman–Crippen LogP) is -0.375. The van der Waals surface area contributed by atoms with Crippen molar-refractivity contribution in [3.05, 3.63) is 0 Å². The van der Waals surface area contributed by atoms with Gasteiger partial charge in [0, 0.05) is 19.5 Å². The van der Waals surface area contributed by atoms with Crippen LogP contribution < -0.4 is 16.0 Å². The van der Waals surface area contributed by atoms with Crippen molar-refractivity contribution in [1.82, 2.24) is 16.0 Å². The lowest BCUT2D eigenvalue weighted by Crippen LogP contribution is -2.42. The first-order chi connectivity index (χ1) is 7.01. The second-order valence-electron chi connectivity index (χ2n) is 3.72. The number of likely N-dealkylation sites (N-methyl/N-ethyl adjacent to an activating group) is 2. The van der Waals surface area contributed by atoms with Gasteiger partial charge in [0.1, 0.15) is 0 Å². The van der Waals surface area contributed by atoms with E-state index >= 15 is 0 Å². The topological polar surface area (TPSA) is 70.2 Å². The van der Waals surface area contributed by atoms with E-state index in [2.05, 4.69) is 16.0 Å². The third-order valence-corrected chi connectivity index (χ3v) is 2.02. The predicted molar refractivity (Wildman–Crippen MR) is 59.4 cm³/mol. The fourth-order valence-electron chi connectivity index (χ4n) is 1.25. The summed E-state index contributed by atoms with van der Waals surface area (Å²) in [5.41, 5.74) is 0. The van der Waals surface area contributed by atoms with Gasteiger partial charge in [-0.1, -0.05) is 0 Å². The molecule has 1 atom stereocenters. The van der Waals surface area contributed by atoms with E-state index in [1.807, 2.05) is 13.8 Å². The van der Waals surface area contributed by atoms with Crippen molar-refractivity contribution in [3.8, 4) is 0 Å². The Balaban J connectivity index is 3.90. The van der Waals surface area contributed by atoms with Gasteiger partial charge < -0.3 is 16.0 Å². The van der Waals surface area contributed by atoms with E-state index < -0.39 is 0 Å². The zero-order chi connectivity index (χ0) is 11.8. The van der Waals surface area contributed by atoms with E-state index in [1.165, 1.54) is 0 Å². The Kier molecular flexibility index (Phi) is 6.70. The largest absolute Gasteiger partial charge is 0.358 e. The normalized spacial score (nSPS) is 12.3. The minimum Gasteiger partial charge on any atom is -0.358 e. The van der Waals surface area contributed by atoms with Crippen molar-refractivity contribution < 1.29 is 9.59 Å². The maximum absolute atomic E-state index is 11.3. The highest BCUT2D eigenvalue weighted by atomic mass is 16.2. The molecule has 0 heterocycles. The summed E-state index contributed by atoms with van der Waals surface area (Å²) in [5, 5.41) is 8.20. The summed E-state index contributed by atoms with van der Waals surface area (Å²) in [6.07, 6.45) is 0.867. The summed E-state index contributed by atoms with van der Waals surface area (Å²) >= 11 is 0. The highest BCUT2D eigenvalue weighted by Crippen LogP contribution is 1.97. The smallest absolute Gasteiger partial charge is 0.236 e. The molecule has 0 radical (unpaired) electrons. The molecule has 3 N–H and O–H groups in total. The van der Waals surface area contributed by atoms with Gasteiger partial charge in [0.25, 0.3) is 0 Å². The number of carbonyl (C=O) groups excluding carboxylic acids is 2. The van der Waals surface area contributed by atoms with Crippen molar-refractivity contribution in [2.24, 2.45) is 0 Å². The van der Waals surface area contributed by atoms with Gasteiger partial charge in [0.2, 0.25) is 11.8 Å². The molecule has 0 aliphatic heterocycles. The van der Waals surface area contributed by atoms with Crippen LogP contribution in [0.2, 0.25) is 0 Å². The third kappa shape index (κ3) is 6.06. The van der Waals surface area contributed by atoms with E-state index in [0.29, 0.717) is 12.8 Å². The number of rotatable bonds is 6. The van der Waals surface area contributed by atoms with Crippen molar-refractivity contribution in [3.63, 3.8) is 0 Å². The van der Waals surface area contributed by atoms with E-state index in [4.69, 9.17) is 0 Å². The Morgan fingerprint density at radius 2 is 1.80 bits per heavy atom. The van der Waals surface area contributed by atoms with Crippen LogP contribution in [0.4, 0.5) is 0 Å². The Morgan fingerprint density at radius 1 is 1.20 bits per heavy atom. The number of hydrogen-bond donors (Lipinski definition) is 3. The molecule has 15 heavy (non-hydrogen) atoms. The van der Waals surface area contributed by atoms with E-state index in [1.54, 1.807) is 14.1 Å². The lowest BCUT2D eigenvalue weighted by molar-refractivity contribution is -0.123. The third-order valence-electron chi connectivity index (χ3n) is 2.02. The van der Waals surface area contributed by atoms with Gasteiger partial charge in [-0.25, -0.2) is 0 Å². The van der Waals surface area contributed by atoms with Crippen molar-refractivity contribution in [1.29, 1.82) is 0 Å². The molecule has 88 valence electrons. The molecule has 5 heteroatoms. The van der Waals surface area contributed by atoms with Crippen molar-refractivity contribution >= 4 is 11.8 Å². The molecule has 0 aromatic carbocycles. The maximum atomic E-state index is 11.3. The Hall–Kier alpha value is -1.10. The number of hydrogen-bond acceptors (Lipinski definition) is 3. The summed E-state index contributed by atoms with van der Waals surface area (Å²) in [6, 6.07) is -0.154. The first-order valence-corrected chi connectivity index (χ1v) is 5.19. The molecular weight excluding hydrogens is 194 g/mol. The van der Waals surface area contributed by atoms with Crippen molar-refractivity contribution in [2.75, 3.05) is 14.1 Å². The molecule has 0 bridgehead atoms. The van der Waals surface area contributed by atoms with Crippen LogP contribution in [0.25, 0.3) is 0 Å². The van der Waals surface area contributed by atoms with Gasteiger partial charge in [-0.05, 0) is 27.3 Å². The Labute approximate surface area is 91.0 Å². The summed E-state index contributed by atoms with van der Waals surface area (Å²) in [6.45, 7) is 3.82. The van der Waals surface area contributed by atoms with Gasteiger partial charge >= 0.3 is 0 Å². The zero-order valence-corrected chi connectivity index (χ0v) is 9.89. The molecule has 0 rings (SSSR count). The quantitative estimate of drug-likeness (QED) is 0.566. The summed E-state index contributed by atoms with van der Waals surface area (Å²) in [4.78, 5) is 22.6. The zero-order valence-electron chi connectivity index (χ0n) is 9.89. The summed E-state index contributed by atoms with van der Waals surface area (Å²) in [5.74, 6) is -0.107. The van der Waals surface area contributed by atoms with Crippen LogP contribution in [0.5, 0.6) is 0 Å². The van der Waals surface area contributed by atoms with Crippen LogP contribution in [-0.4, -0.2) is 38.0 Å².